The molecule has 0 aliphatic heterocycles. The largest absolute Gasteiger partial charge is 0.293 e. The molecule has 0 saturated heterocycles. The first-order chi connectivity index (χ1) is 8.17. The van der Waals surface area contributed by atoms with Crippen molar-refractivity contribution in [2.45, 2.75) is 45.3 Å². The Bertz CT molecular complexity index is 342. The van der Waals surface area contributed by atoms with Crippen molar-refractivity contribution in [1.82, 2.24) is 0 Å². The average Bonchev–Trinajstić information content (AvgIpc) is 2.36. The lowest BCUT2D eigenvalue weighted by Crippen LogP contribution is -2.06. The Morgan fingerprint density at radius 1 is 1.24 bits per heavy atom. The van der Waals surface area contributed by atoms with Crippen LogP contribution in [0.25, 0.3) is 0 Å². The Morgan fingerprint density at radius 2 is 1.88 bits per heavy atom. The van der Waals surface area contributed by atoms with Gasteiger partial charge in [0.25, 0.3) is 0 Å². The van der Waals surface area contributed by atoms with Gasteiger partial charge in [0, 0.05) is 10.8 Å². The molecule has 0 aromatic heterocycles. The lowest BCUT2D eigenvalue weighted by molar-refractivity contribution is 0.102. The van der Waals surface area contributed by atoms with E-state index in [0.717, 1.165) is 24.8 Å². The highest BCUT2D eigenvalue weighted by molar-refractivity contribution is 8.00. The minimum atomic E-state index is 0.248. The highest BCUT2D eigenvalue weighted by Gasteiger charge is 2.08. The van der Waals surface area contributed by atoms with E-state index in [9.17, 15) is 4.79 Å². The van der Waals surface area contributed by atoms with Crippen LogP contribution in [0.15, 0.2) is 24.3 Å². The number of thioether (sulfide) groups is 1. The third-order valence-electron chi connectivity index (χ3n) is 2.89. The summed E-state index contributed by atoms with van der Waals surface area (Å²) in [5.74, 6) is 0.848. The Morgan fingerprint density at radius 3 is 2.41 bits per heavy atom. The third kappa shape index (κ3) is 4.95. The highest BCUT2D eigenvalue weighted by Crippen LogP contribution is 2.16. The molecule has 1 aromatic carbocycles. The molecule has 0 radical (unpaired) electrons. The van der Waals surface area contributed by atoms with Gasteiger partial charge in [0.15, 0.2) is 5.78 Å². The van der Waals surface area contributed by atoms with Crippen molar-refractivity contribution in [3.05, 3.63) is 35.4 Å². The van der Waals surface area contributed by atoms with E-state index < -0.39 is 0 Å². The molecule has 17 heavy (non-hydrogen) atoms. The summed E-state index contributed by atoms with van der Waals surface area (Å²) in [6.45, 7) is 6.49. The Hall–Kier alpha value is -0.760. The molecule has 0 aliphatic rings. The first-order valence-corrected chi connectivity index (χ1v) is 7.46. The average molecular weight is 250 g/mol. The van der Waals surface area contributed by atoms with E-state index in [1.54, 1.807) is 11.8 Å². The molecular weight excluding hydrogens is 228 g/mol. The predicted molar refractivity (Wildman–Crippen MR) is 77.0 cm³/mol. The lowest BCUT2D eigenvalue weighted by Gasteiger charge is -2.07. The van der Waals surface area contributed by atoms with Crippen LogP contribution in [-0.4, -0.2) is 16.8 Å². The van der Waals surface area contributed by atoms with E-state index >= 15 is 0 Å². The molecule has 1 nitrogen and oxygen atoms in total. The van der Waals surface area contributed by atoms with Crippen molar-refractivity contribution in [1.29, 1.82) is 0 Å². The number of aryl methyl sites for hydroxylation is 1. The van der Waals surface area contributed by atoms with Crippen molar-refractivity contribution in [2.75, 3.05) is 5.75 Å². The van der Waals surface area contributed by atoms with E-state index in [1.807, 2.05) is 12.1 Å². The fraction of sp³-hybridized carbons (Fsp3) is 0.533. The van der Waals surface area contributed by atoms with Gasteiger partial charge in [0.05, 0.1) is 5.75 Å². The molecule has 0 fully saturated rings. The summed E-state index contributed by atoms with van der Waals surface area (Å²) in [5.41, 5.74) is 2.17. The summed E-state index contributed by atoms with van der Waals surface area (Å²) in [6, 6.07) is 8.07. The van der Waals surface area contributed by atoms with Gasteiger partial charge in [-0.3, -0.25) is 4.79 Å². The molecule has 0 bridgehead atoms. The standard InChI is InChI=1S/C15H22OS/c1-4-6-13-7-9-14(10-8-13)15(16)11-17-12(3)5-2/h7-10,12H,4-6,11H2,1-3H3. The second-order valence-corrected chi connectivity index (χ2v) is 5.83. The van der Waals surface area contributed by atoms with Gasteiger partial charge >= 0.3 is 0 Å². The Kier molecular flexibility index (Phi) is 6.35. The molecule has 0 heterocycles. The molecule has 94 valence electrons. The third-order valence-corrected chi connectivity index (χ3v) is 4.22. The Balaban J connectivity index is 2.51. The maximum absolute atomic E-state index is 11.9. The molecular formula is C15H22OS. The first-order valence-electron chi connectivity index (χ1n) is 6.41. The SMILES string of the molecule is CCCc1ccc(C(=O)CSC(C)CC)cc1. The molecule has 1 aromatic rings. The van der Waals surface area contributed by atoms with E-state index in [2.05, 4.69) is 32.9 Å². The van der Waals surface area contributed by atoms with Gasteiger partial charge in [-0.2, -0.15) is 11.8 Å². The number of benzene rings is 1. The molecule has 0 amide bonds. The summed E-state index contributed by atoms with van der Waals surface area (Å²) < 4.78 is 0. The monoisotopic (exact) mass is 250 g/mol. The zero-order valence-electron chi connectivity index (χ0n) is 11.0. The zero-order chi connectivity index (χ0) is 12.7. The molecule has 0 N–H and O–H groups in total. The van der Waals surface area contributed by atoms with Gasteiger partial charge < -0.3 is 0 Å². The fourth-order valence-corrected chi connectivity index (χ4v) is 2.40. The van der Waals surface area contributed by atoms with Crippen LogP contribution in [0.1, 0.15) is 49.5 Å². The van der Waals surface area contributed by atoms with Gasteiger partial charge in [-0.1, -0.05) is 51.5 Å². The minimum absolute atomic E-state index is 0.248. The Labute approximate surface area is 109 Å². The second-order valence-electron chi connectivity index (χ2n) is 4.40. The van der Waals surface area contributed by atoms with Crippen LogP contribution in [0.4, 0.5) is 0 Å². The fourth-order valence-electron chi connectivity index (χ4n) is 1.57. The molecule has 0 saturated carbocycles. The van der Waals surface area contributed by atoms with Crippen molar-refractivity contribution in [2.24, 2.45) is 0 Å². The summed E-state index contributed by atoms with van der Waals surface area (Å²) >= 11 is 1.74. The highest BCUT2D eigenvalue weighted by atomic mass is 32.2. The molecule has 2 heteroatoms. The number of ketones is 1. The van der Waals surface area contributed by atoms with Gasteiger partial charge in [-0.15, -0.1) is 0 Å². The zero-order valence-corrected chi connectivity index (χ0v) is 11.8. The van der Waals surface area contributed by atoms with Crippen molar-refractivity contribution in [3.63, 3.8) is 0 Å². The molecule has 0 aliphatic carbocycles. The number of Topliss-reactive ketones (excluding diaryl/α,β-unsaturated/α-hetero) is 1. The van der Waals surface area contributed by atoms with Crippen LogP contribution >= 0.6 is 11.8 Å². The molecule has 1 unspecified atom stereocenters. The van der Waals surface area contributed by atoms with Crippen LogP contribution in [0.5, 0.6) is 0 Å². The number of carbonyl (C=O) groups is 1. The van der Waals surface area contributed by atoms with Gasteiger partial charge in [0.2, 0.25) is 0 Å². The smallest absolute Gasteiger partial charge is 0.172 e. The van der Waals surface area contributed by atoms with Crippen LogP contribution < -0.4 is 0 Å². The minimum Gasteiger partial charge on any atom is -0.293 e. The van der Waals surface area contributed by atoms with Crippen molar-refractivity contribution >= 4 is 17.5 Å². The first kappa shape index (κ1) is 14.3. The summed E-state index contributed by atoms with van der Waals surface area (Å²) in [6.07, 6.45) is 3.36. The van der Waals surface area contributed by atoms with Crippen LogP contribution in [0.2, 0.25) is 0 Å². The molecule has 0 spiro atoms. The van der Waals surface area contributed by atoms with Crippen LogP contribution in [0, 0.1) is 0 Å². The molecule has 1 rings (SSSR count). The van der Waals surface area contributed by atoms with E-state index in [4.69, 9.17) is 0 Å². The quantitative estimate of drug-likeness (QED) is 0.669. The van der Waals surface area contributed by atoms with Gasteiger partial charge in [0.1, 0.15) is 0 Å². The summed E-state index contributed by atoms with van der Waals surface area (Å²) in [4.78, 5) is 11.9. The maximum atomic E-state index is 11.9. The number of hydrogen-bond acceptors (Lipinski definition) is 2. The maximum Gasteiger partial charge on any atom is 0.172 e. The van der Waals surface area contributed by atoms with Gasteiger partial charge in [-0.05, 0) is 18.4 Å². The van der Waals surface area contributed by atoms with Crippen LogP contribution in [0.3, 0.4) is 0 Å². The number of carbonyl (C=O) groups excluding carboxylic acids is 1. The normalized spacial score (nSPS) is 12.4. The van der Waals surface area contributed by atoms with Crippen molar-refractivity contribution < 1.29 is 4.79 Å². The van der Waals surface area contributed by atoms with E-state index in [0.29, 0.717) is 11.0 Å². The summed E-state index contributed by atoms with van der Waals surface area (Å²) in [7, 11) is 0. The van der Waals surface area contributed by atoms with Crippen LogP contribution in [-0.2, 0) is 6.42 Å². The molecule has 1 atom stereocenters. The lowest BCUT2D eigenvalue weighted by atomic mass is 10.1. The topological polar surface area (TPSA) is 17.1 Å². The van der Waals surface area contributed by atoms with Crippen molar-refractivity contribution in [3.8, 4) is 0 Å². The summed E-state index contributed by atoms with van der Waals surface area (Å²) in [5, 5.41) is 0.568. The number of hydrogen-bond donors (Lipinski definition) is 0. The number of rotatable bonds is 7. The van der Waals surface area contributed by atoms with Gasteiger partial charge in [-0.25, -0.2) is 0 Å². The second kappa shape index (κ2) is 7.54. The predicted octanol–water partition coefficient (Wildman–Crippen LogP) is 4.35. The van der Waals surface area contributed by atoms with E-state index in [1.165, 1.54) is 5.56 Å². The van der Waals surface area contributed by atoms with E-state index in [-0.39, 0.29) is 5.78 Å².